The van der Waals surface area contributed by atoms with E-state index in [1.807, 2.05) is 23.4 Å². The number of thiophene rings is 1. The minimum absolute atomic E-state index is 0.0217. The van der Waals surface area contributed by atoms with E-state index in [2.05, 4.69) is 6.07 Å². The molecule has 0 saturated heterocycles. The summed E-state index contributed by atoms with van der Waals surface area (Å²) in [6.07, 6.45) is 0. The Morgan fingerprint density at radius 3 is 2.79 bits per heavy atom. The summed E-state index contributed by atoms with van der Waals surface area (Å²) >= 11 is 13.6. The molecule has 0 unspecified atom stereocenters. The number of rotatable bonds is 5. The first-order chi connectivity index (χ1) is 9.06. The van der Waals surface area contributed by atoms with Crippen LogP contribution in [0.2, 0.25) is 10.0 Å². The van der Waals surface area contributed by atoms with Crippen LogP contribution in [0.1, 0.15) is 15.2 Å². The molecule has 1 aromatic heterocycles. The molecule has 1 aromatic carbocycles. The zero-order valence-electron chi connectivity index (χ0n) is 10.4. The van der Waals surface area contributed by atoms with Crippen LogP contribution in [-0.2, 0) is 6.54 Å². The molecule has 0 N–H and O–H groups in total. The van der Waals surface area contributed by atoms with Gasteiger partial charge >= 0.3 is 0 Å². The number of hydrogen-bond acceptors (Lipinski definition) is 3. The summed E-state index contributed by atoms with van der Waals surface area (Å²) in [5.74, 6) is -0.0217. The fourth-order valence-electron chi connectivity index (χ4n) is 1.77. The van der Waals surface area contributed by atoms with E-state index in [0.29, 0.717) is 22.2 Å². The molecule has 0 atom stereocenters. The van der Waals surface area contributed by atoms with Gasteiger partial charge in [0.15, 0.2) is 5.78 Å². The van der Waals surface area contributed by atoms with Crippen LogP contribution in [0.15, 0.2) is 35.7 Å². The van der Waals surface area contributed by atoms with Crippen molar-refractivity contribution in [2.75, 3.05) is 13.6 Å². The number of nitrogens with zero attached hydrogens (tertiary/aromatic N) is 1. The van der Waals surface area contributed by atoms with Gasteiger partial charge in [-0.15, -0.1) is 11.3 Å². The van der Waals surface area contributed by atoms with Crippen LogP contribution in [0.3, 0.4) is 0 Å². The Balaban J connectivity index is 2.02. The molecule has 0 fully saturated rings. The van der Waals surface area contributed by atoms with E-state index in [1.165, 1.54) is 4.88 Å². The molecule has 2 rings (SSSR count). The number of carbonyl (C=O) groups is 1. The quantitative estimate of drug-likeness (QED) is 0.764. The number of halogens is 2. The van der Waals surface area contributed by atoms with Crippen LogP contribution in [0.4, 0.5) is 0 Å². The Morgan fingerprint density at radius 2 is 2.11 bits per heavy atom. The smallest absolute Gasteiger partial charge is 0.178 e. The Bertz CT molecular complexity index is 569. The summed E-state index contributed by atoms with van der Waals surface area (Å²) in [7, 11) is 1.91. The van der Waals surface area contributed by atoms with E-state index in [-0.39, 0.29) is 5.78 Å². The van der Waals surface area contributed by atoms with Crippen molar-refractivity contribution in [1.82, 2.24) is 4.90 Å². The second-order valence-corrected chi connectivity index (χ2v) is 6.17. The Kier molecular flexibility index (Phi) is 4.99. The standard InChI is InChI=1S/C14H13Cl2NOS/c1-17(8-11-3-2-6-19-11)9-14(18)12-7-10(15)4-5-13(12)16/h2-7H,8-9H2,1H3. The molecule has 5 heteroatoms. The molecule has 0 spiro atoms. The van der Waals surface area contributed by atoms with E-state index in [4.69, 9.17) is 23.2 Å². The van der Waals surface area contributed by atoms with Crippen molar-refractivity contribution in [2.45, 2.75) is 6.54 Å². The van der Waals surface area contributed by atoms with Gasteiger partial charge in [0.25, 0.3) is 0 Å². The van der Waals surface area contributed by atoms with E-state index in [9.17, 15) is 4.79 Å². The normalized spacial score (nSPS) is 10.9. The molecule has 0 radical (unpaired) electrons. The Morgan fingerprint density at radius 1 is 1.32 bits per heavy atom. The highest BCUT2D eigenvalue weighted by Gasteiger charge is 2.13. The van der Waals surface area contributed by atoms with Crippen LogP contribution in [0.5, 0.6) is 0 Å². The van der Waals surface area contributed by atoms with Gasteiger partial charge < -0.3 is 0 Å². The summed E-state index contributed by atoms with van der Waals surface area (Å²) in [6.45, 7) is 1.07. The fraction of sp³-hybridized carbons (Fsp3) is 0.214. The van der Waals surface area contributed by atoms with Crippen LogP contribution in [0, 0.1) is 0 Å². The summed E-state index contributed by atoms with van der Waals surface area (Å²) < 4.78 is 0. The van der Waals surface area contributed by atoms with Gasteiger partial charge in [-0.25, -0.2) is 0 Å². The topological polar surface area (TPSA) is 20.3 Å². The number of Topliss-reactive ketones (excluding diaryl/α,β-unsaturated/α-hetero) is 1. The van der Waals surface area contributed by atoms with Crippen molar-refractivity contribution >= 4 is 40.3 Å². The first-order valence-corrected chi connectivity index (χ1v) is 7.39. The molecule has 1 heterocycles. The minimum atomic E-state index is -0.0217. The largest absolute Gasteiger partial charge is 0.294 e. The number of likely N-dealkylation sites (N-methyl/N-ethyl adjacent to an activating group) is 1. The van der Waals surface area contributed by atoms with E-state index >= 15 is 0 Å². The van der Waals surface area contributed by atoms with Crippen molar-refractivity contribution in [3.8, 4) is 0 Å². The van der Waals surface area contributed by atoms with Crippen LogP contribution in [0.25, 0.3) is 0 Å². The van der Waals surface area contributed by atoms with Gasteiger partial charge in [0.1, 0.15) is 0 Å². The predicted octanol–water partition coefficient (Wildman–Crippen LogP) is 4.37. The predicted molar refractivity (Wildman–Crippen MR) is 81.4 cm³/mol. The third-order valence-corrected chi connectivity index (χ3v) is 4.07. The highest BCUT2D eigenvalue weighted by atomic mass is 35.5. The van der Waals surface area contributed by atoms with E-state index in [1.54, 1.807) is 29.5 Å². The SMILES string of the molecule is CN(CC(=O)c1cc(Cl)ccc1Cl)Cc1cccs1. The molecular weight excluding hydrogens is 301 g/mol. The number of benzene rings is 1. The summed E-state index contributed by atoms with van der Waals surface area (Å²) in [5.41, 5.74) is 0.479. The third kappa shape index (κ3) is 4.05. The maximum absolute atomic E-state index is 12.2. The summed E-state index contributed by atoms with van der Waals surface area (Å²) in [5, 5.41) is 2.99. The van der Waals surface area contributed by atoms with Crippen LogP contribution >= 0.6 is 34.5 Å². The van der Waals surface area contributed by atoms with Gasteiger partial charge in [0.05, 0.1) is 11.6 Å². The summed E-state index contributed by atoms with van der Waals surface area (Å²) in [6, 6.07) is 9.00. The fourth-order valence-corrected chi connectivity index (χ4v) is 2.95. The lowest BCUT2D eigenvalue weighted by molar-refractivity contribution is 0.0943. The Labute approximate surface area is 126 Å². The average molecular weight is 314 g/mol. The van der Waals surface area contributed by atoms with E-state index in [0.717, 1.165) is 6.54 Å². The lowest BCUT2D eigenvalue weighted by Crippen LogP contribution is -2.25. The van der Waals surface area contributed by atoms with Crippen molar-refractivity contribution in [1.29, 1.82) is 0 Å². The lowest BCUT2D eigenvalue weighted by Gasteiger charge is -2.15. The molecule has 2 aromatic rings. The molecule has 0 bridgehead atoms. The van der Waals surface area contributed by atoms with Gasteiger partial charge in [0.2, 0.25) is 0 Å². The molecular formula is C14H13Cl2NOS. The second-order valence-electron chi connectivity index (χ2n) is 4.30. The maximum atomic E-state index is 12.2. The van der Waals surface area contributed by atoms with Crippen molar-refractivity contribution < 1.29 is 4.79 Å². The molecule has 100 valence electrons. The number of carbonyl (C=O) groups excluding carboxylic acids is 1. The summed E-state index contributed by atoms with van der Waals surface area (Å²) in [4.78, 5) is 15.4. The number of ketones is 1. The Hall–Kier alpha value is -0.870. The van der Waals surface area contributed by atoms with E-state index < -0.39 is 0 Å². The van der Waals surface area contributed by atoms with Gasteiger partial charge in [-0.2, -0.15) is 0 Å². The lowest BCUT2D eigenvalue weighted by atomic mass is 10.1. The van der Waals surface area contributed by atoms with Gasteiger partial charge in [-0.1, -0.05) is 29.3 Å². The molecule has 19 heavy (non-hydrogen) atoms. The molecule has 0 aliphatic rings. The van der Waals surface area contributed by atoms with Gasteiger partial charge in [-0.05, 0) is 36.7 Å². The average Bonchev–Trinajstić information content (AvgIpc) is 2.84. The first kappa shape index (κ1) is 14.5. The highest BCUT2D eigenvalue weighted by molar-refractivity contribution is 7.09. The second kappa shape index (κ2) is 6.53. The van der Waals surface area contributed by atoms with Gasteiger partial charge in [0, 0.05) is 22.0 Å². The monoisotopic (exact) mass is 313 g/mol. The van der Waals surface area contributed by atoms with Gasteiger partial charge in [-0.3, -0.25) is 9.69 Å². The van der Waals surface area contributed by atoms with Crippen LogP contribution < -0.4 is 0 Å². The minimum Gasteiger partial charge on any atom is -0.294 e. The number of hydrogen-bond donors (Lipinski definition) is 0. The zero-order valence-corrected chi connectivity index (χ0v) is 12.7. The first-order valence-electron chi connectivity index (χ1n) is 5.75. The van der Waals surface area contributed by atoms with Crippen LogP contribution in [-0.4, -0.2) is 24.3 Å². The molecule has 0 aliphatic heterocycles. The third-order valence-electron chi connectivity index (χ3n) is 2.65. The van der Waals surface area contributed by atoms with Crippen molar-refractivity contribution in [2.24, 2.45) is 0 Å². The maximum Gasteiger partial charge on any atom is 0.178 e. The van der Waals surface area contributed by atoms with Crippen molar-refractivity contribution in [3.63, 3.8) is 0 Å². The zero-order chi connectivity index (χ0) is 13.8. The van der Waals surface area contributed by atoms with Crippen molar-refractivity contribution in [3.05, 3.63) is 56.2 Å². The molecule has 0 aliphatic carbocycles. The molecule has 0 saturated carbocycles. The molecule has 2 nitrogen and oxygen atoms in total. The highest BCUT2D eigenvalue weighted by Crippen LogP contribution is 2.21. The molecule has 0 amide bonds.